The number of methoxy groups -OCH3 is 1. The number of guanidine groups is 1. The van der Waals surface area contributed by atoms with Crippen LogP contribution in [0.2, 0.25) is 0 Å². The quantitative estimate of drug-likeness (QED) is 0.320. The van der Waals surface area contributed by atoms with Gasteiger partial charge in [0.2, 0.25) is 0 Å². The van der Waals surface area contributed by atoms with E-state index in [4.69, 9.17) is 14.2 Å². The number of nitrogens with zero attached hydrogens (tertiary/aromatic N) is 2. The highest BCUT2D eigenvalue weighted by molar-refractivity contribution is 14.0. The summed E-state index contributed by atoms with van der Waals surface area (Å²) in [4.78, 5) is 18.5. The number of hydrogen-bond acceptors (Lipinski definition) is 5. The highest BCUT2D eigenvalue weighted by atomic mass is 127. The van der Waals surface area contributed by atoms with Crippen LogP contribution >= 0.6 is 24.0 Å². The van der Waals surface area contributed by atoms with Gasteiger partial charge in [0.25, 0.3) is 0 Å². The number of carbonyl (C=O) groups is 1. The summed E-state index contributed by atoms with van der Waals surface area (Å²) >= 11 is 0. The van der Waals surface area contributed by atoms with Crippen LogP contribution in [0.1, 0.15) is 46.1 Å². The first-order valence-electron chi connectivity index (χ1n) is 10.5. The van der Waals surface area contributed by atoms with Crippen LogP contribution in [-0.4, -0.2) is 62.4 Å². The first-order valence-corrected chi connectivity index (χ1v) is 10.5. The Balaban J connectivity index is 0.00000480. The smallest absolute Gasteiger partial charge is 0.410 e. The summed E-state index contributed by atoms with van der Waals surface area (Å²) < 4.78 is 16.5. The number of nitrogens with one attached hydrogen (secondary N) is 2. The Kier molecular flexibility index (Phi) is 11.2. The standard InChI is InChI=1S/C22H36N4O4.HI/c1-7-29-19-13-16(10-11-18(19)28-6)14-24-20(23-5)25-17-9-8-12-26(15-17)21(27)30-22(2,3)4;/h10-11,13,17H,7-9,12,14-15H2,1-6H3,(H2,23,24,25);1H. The molecule has 0 saturated carbocycles. The zero-order valence-electron chi connectivity index (χ0n) is 19.5. The van der Waals surface area contributed by atoms with Crippen molar-refractivity contribution in [3.05, 3.63) is 23.8 Å². The lowest BCUT2D eigenvalue weighted by Gasteiger charge is -2.35. The van der Waals surface area contributed by atoms with E-state index in [-0.39, 0.29) is 36.1 Å². The van der Waals surface area contributed by atoms with Gasteiger partial charge < -0.3 is 29.7 Å². The van der Waals surface area contributed by atoms with Gasteiger partial charge in [-0.3, -0.25) is 4.99 Å². The molecule has 0 aromatic heterocycles. The van der Waals surface area contributed by atoms with Crippen LogP contribution in [-0.2, 0) is 11.3 Å². The van der Waals surface area contributed by atoms with E-state index in [0.717, 1.165) is 24.2 Å². The largest absolute Gasteiger partial charge is 0.493 e. The van der Waals surface area contributed by atoms with Crippen molar-refractivity contribution in [2.75, 3.05) is 33.9 Å². The number of rotatable bonds is 6. The molecule has 1 aliphatic heterocycles. The third kappa shape index (κ3) is 9.00. The maximum absolute atomic E-state index is 12.4. The Morgan fingerprint density at radius 2 is 2.03 bits per heavy atom. The molecule has 1 aromatic carbocycles. The van der Waals surface area contributed by atoms with Gasteiger partial charge in [0.05, 0.1) is 13.7 Å². The Labute approximate surface area is 203 Å². The molecule has 1 fully saturated rings. The van der Waals surface area contributed by atoms with E-state index < -0.39 is 5.60 Å². The molecule has 0 radical (unpaired) electrons. The van der Waals surface area contributed by atoms with E-state index in [1.807, 2.05) is 45.9 Å². The molecule has 9 heteroatoms. The van der Waals surface area contributed by atoms with Crippen LogP contribution in [0.5, 0.6) is 11.5 Å². The van der Waals surface area contributed by atoms with Crippen molar-refractivity contribution in [2.24, 2.45) is 4.99 Å². The summed E-state index contributed by atoms with van der Waals surface area (Å²) in [5.74, 6) is 2.13. The zero-order valence-corrected chi connectivity index (χ0v) is 21.8. The van der Waals surface area contributed by atoms with Gasteiger partial charge in [0, 0.05) is 32.7 Å². The Morgan fingerprint density at radius 3 is 2.65 bits per heavy atom. The highest BCUT2D eigenvalue weighted by Crippen LogP contribution is 2.28. The van der Waals surface area contributed by atoms with E-state index in [1.54, 1.807) is 19.1 Å². The maximum atomic E-state index is 12.4. The lowest BCUT2D eigenvalue weighted by atomic mass is 10.1. The van der Waals surface area contributed by atoms with Crippen LogP contribution in [0.3, 0.4) is 0 Å². The minimum Gasteiger partial charge on any atom is -0.493 e. The molecule has 0 spiro atoms. The third-order valence-electron chi connectivity index (χ3n) is 4.63. The normalized spacial score (nSPS) is 16.8. The molecule has 176 valence electrons. The average Bonchev–Trinajstić information content (AvgIpc) is 2.70. The summed E-state index contributed by atoms with van der Waals surface area (Å²) in [5, 5.41) is 6.75. The molecule has 1 heterocycles. The van der Waals surface area contributed by atoms with E-state index in [0.29, 0.717) is 38.0 Å². The van der Waals surface area contributed by atoms with Gasteiger partial charge in [0.1, 0.15) is 5.60 Å². The molecule has 1 aromatic rings. The number of carbonyl (C=O) groups excluding carboxylic acids is 1. The molecule has 1 atom stereocenters. The fourth-order valence-electron chi connectivity index (χ4n) is 3.26. The summed E-state index contributed by atoms with van der Waals surface area (Å²) in [6, 6.07) is 5.98. The number of ether oxygens (including phenoxy) is 3. The van der Waals surface area contributed by atoms with E-state index >= 15 is 0 Å². The third-order valence-corrected chi connectivity index (χ3v) is 4.63. The van der Waals surface area contributed by atoms with E-state index in [2.05, 4.69) is 15.6 Å². The van der Waals surface area contributed by atoms with Crippen LogP contribution in [0.4, 0.5) is 4.79 Å². The SMILES string of the molecule is CCOc1cc(CNC(=NC)NC2CCCN(C(=O)OC(C)(C)C)C2)ccc1OC.I. The second-order valence-electron chi connectivity index (χ2n) is 8.25. The molecule has 0 bridgehead atoms. The molecule has 2 N–H and O–H groups in total. The van der Waals surface area contributed by atoms with Gasteiger partial charge in [-0.25, -0.2) is 4.79 Å². The van der Waals surface area contributed by atoms with E-state index in [9.17, 15) is 4.79 Å². The van der Waals surface area contributed by atoms with Crippen molar-refractivity contribution < 1.29 is 19.0 Å². The molecule has 8 nitrogen and oxygen atoms in total. The minimum absolute atomic E-state index is 0. The van der Waals surface area contributed by atoms with Crippen LogP contribution < -0.4 is 20.1 Å². The maximum Gasteiger partial charge on any atom is 0.410 e. The predicted octanol–water partition coefficient (Wildman–Crippen LogP) is 3.78. The predicted molar refractivity (Wildman–Crippen MR) is 134 cm³/mol. The molecule has 1 saturated heterocycles. The lowest BCUT2D eigenvalue weighted by molar-refractivity contribution is 0.0193. The summed E-state index contributed by atoms with van der Waals surface area (Å²) in [6.45, 7) is 10.1. The zero-order chi connectivity index (χ0) is 22.1. The van der Waals surface area contributed by atoms with Crippen molar-refractivity contribution in [2.45, 2.75) is 58.7 Å². The summed E-state index contributed by atoms with van der Waals surface area (Å²) in [6.07, 6.45) is 1.62. The molecule has 1 aliphatic rings. The highest BCUT2D eigenvalue weighted by Gasteiger charge is 2.28. The molecule has 2 rings (SSSR count). The van der Waals surface area contributed by atoms with Crippen LogP contribution in [0.25, 0.3) is 0 Å². The van der Waals surface area contributed by atoms with Gasteiger partial charge >= 0.3 is 6.09 Å². The first-order chi connectivity index (χ1) is 14.3. The van der Waals surface area contributed by atoms with Gasteiger partial charge in [-0.05, 0) is 58.2 Å². The monoisotopic (exact) mass is 548 g/mol. The molecular formula is C22H37IN4O4. The van der Waals surface area contributed by atoms with E-state index in [1.165, 1.54) is 0 Å². The van der Waals surface area contributed by atoms with Crippen molar-refractivity contribution in [3.63, 3.8) is 0 Å². The number of benzene rings is 1. The van der Waals surface area contributed by atoms with Crippen LogP contribution in [0, 0.1) is 0 Å². The number of halogens is 1. The molecule has 1 unspecified atom stereocenters. The van der Waals surface area contributed by atoms with Gasteiger partial charge in [-0.1, -0.05) is 6.07 Å². The Hall–Kier alpha value is -1.91. The number of aliphatic imine (C=N–C) groups is 1. The van der Waals surface area contributed by atoms with Crippen LogP contribution in [0.15, 0.2) is 23.2 Å². The molecular weight excluding hydrogens is 511 g/mol. The second-order valence-corrected chi connectivity index (χ2v) is 8.25. The average molecular weight is 548 g/mol. The molecule has 1 amide bonds. The fourth-order valence-corrected chi connectivity index (χ4v) is 3.26. The summed E-state index contributed by atoms with van der Waals surface area (Å²) in [5.41, 5.74) is 0.564. The fraction of sp³-hybridized carbons (Fsp3) is 0.636. The molecule has 0 aliphatic carbocycles. The number of amides is 1. The van der Waals surface area contributed by atoms with Crippen molar-refractivity contribution >= 4 is 36.0 Å². The Morgan fingerprint density at radius 1 is 1.29 bits per heavy atom. The first kappa shape index (κ1) is 27.1. The lowest BCUT2D eigenvalue weighted by Crippen LogP contribution is -2.53. The number of likely N-dealkylation sites (tertiary alicyclic amines) is 1. The van der Waals surface area contributed by atoms with Gasteiger partial charge in [-0.2, -0.15) is 0 Å². The Bertz CT molecular complexity index is 737. The van der Waals surface area contributed by atoms with Crippen molar-refractivity contribution in [3.8, 4) is 11.5 Å². The number of hydrogen-bond donors (Lipinski definition) is 2. The number of piperidine rings is 1. The minimum atomic E-state index is -0.492. The van der Waals surface area contributed by atoms with Gasteiger partial charge in [0.15, 0.2) is 17.5 Å². The second kappa shape index (κ2) is 12.8. The van der Waals surface area contributed by atoms with Crippen molar-refractivity contribution in [1.29, 1.82) is 0 Å². The molecule has 31 heavy (non-hydrogen) atoms. The van der Waals surface area contributed by atoms with Crippen molar-refractivity contribution in [1.82, 2.24) is 15.5 Å². The summed E-state index contributed by atoms with van der Waals surface area (Å²) in [7, 11) is 3.37. The topological polar surface area (TPSA) is 84.4 Å². The van der Waals surface area contributed by atoms with Gasteiger partial charge in [-0.15, -0.1) is 24.0 Å².